The Bertz CT molecular complexity index is 439. The van der Waals surface area contributed by atoms with Gasteiger partial charge in [-0.1, -0.05) is 0 Å². The SMILES string of the molecule is COc1ccc(F)cc1C(=O)CN(C)C(C)CSC. The molecule has 106 valence electrons. The molecule has 1 atom stereocenters. The van der Waals surface area contributed by atoms with Crippen molar-refractivity contribution in [2.75, 3.05) is 32.7 Å². The van der Waals surface area contributed by atoms with E-state index in [9.17, 15) is 9.18 Å². The molecule has 0 aromatic heterocycles. The molecule has 3 nitrogen and oxygen atoms in total. The van der Waals surface area contributed by atoms with Crippen LogP contribution in [0.4, 0.5) is 4.39 Å². The van der Waals surface area contributed by atoms with Crippen molar-refractivity contribution in [2.24, 2.45) is 0 Å². The van der Waals surface area contributed by atoms with Crippen molar-refractivity contribution in [2.45, 2.75) is 13.0 Å². The summed E-state index contributed by atoms with van der Waals surface area (Å²) in [4.78, 5) is 14.2. The zero-order valence-corrected chi connectivity index (χ0v) is 12.6. The Morgan fingerprint density at radius 3 is 2.79 bits per heavy atom. The van der Waals surface area contributed by atoms with Gasteiger partial charge in [0.2, 0.25) is 0 Å². The number of carbonyl (C=O) groups excluding carboxylic acids is 1. The number of nitrogens with zero attached hydrogens (tertiary/aromatic N) is 1. The maximum atomic E-state index is 13.2. The molecule has 19 heavy (non-hydrogen) atoms. The number of likely N-dealkylation sites (N-methyl/N-ethyl adjacent to an activating group) is 1. The van der Waals surface area contributed by atoms with Gasteiger partial charge in [-0.3, -0.25) is 9.69 Å². The Kier molecular flexibility index (Phi) is 6.31. The van der Waals surface area contributed by atoms with Crippen LogP contribution in [0.3, 0.4) is 0 Å². The van der Waals surface area contributed by atoms with E-state index in [0.29, 0.717) is 17.4 Å². The third-order valence-electron chi connectivity index (χ3n) is 3.02. The van der Waals surface area contributed by atoms with Crippen molar-refractivity contribution in [3.63, 3.8) is 0 Å². The van der Waals surface area contributed by atoms with Crippen LogP contribution in [0.1, 0.15) is 17.3 Å². The normalized spacial score (nSPS) is 12.5. The summed E-state index contributed by atoms with van der Waals surface area (Å²) in [7, 11) is 3.37. The highest BCUT2D eigenvalue weighted by molar-refractivity contribution is 7.98. The van der Waals surface area contributed by atoms with Crippen LogP contribution in [-0.2, 0) is 0 Å². The first-order chi connectivity index (χ1) is 8.99. The topological polar surface area (TPSA) is 29.5 Å². The Labute approximate surface area is 118 Å². The zero-order chi connectivity index (χ0) is 14.4. The van der Waals surface area contributed by atoms with E-state index >= 15 is 0 Å². The van der Waals surface area contributed by atoms with Crippen LogP contribution in [0.25, 0.3) is 0 Å². The van der Waals surface area contributed by atoms with Gasteiger partial charge in [-0.15, -0.1) is 0 Å². The number of rotatable bonds is 7. The molecule has 0 amide bonds. The van der Waals surface area contributed by atoms with Gasteiger partial charge in [0.15, 0.2) is 5.78 Å². The lowest BCUT2D eigenvalue weighted by Crippen LogP contribution is -2.35. The number of hydrogen-bond donors (Lipinski definition) is 0. The lowest BCUT2D eigenvalue weighted by atomic mass is 10.1. The summed E-state index contributed by atoms with van der Waals surface area (Å²) in [6.45, 7) is 2.31. The highest BCUT2D eigenvalue weighted by atomic mass is 32.2. The maximum absolute atomic E-state index is 13.2. The molecular formula is C14H20FNO2S. The largest absolute Gasteiger partial charge is 0.496 e. The summed E-state index contributed by atoms with van der Waals surface area (Å²) in [5.41, 5.74) is 0.297. The number of benzene rings is 1. The average molecular weight is 285 g/mol. The quantitative estimate of drug-likeness (QED) is 0.720. The molecule has 0 aliphatic rings. The summed E-state index contributed by atoms with van der Waals surface area (Å²) < 4.78 is 18.3. The number of ether oxygens (including phenoxy) is 1. The van der Waals surface area contributed by atoms with E-state index in [1.165, 1.54) is 25.3 Å². The molecule has 0 saturated heterocycles. The van der Waals surface area contributed by atoms with Gasteiger partial charge in [-0.05, 0) is 38.4 Å². The first-order valence-corrected chi connectivity index (χ1v) is 7.45. The summed E-state index contributed by atoms with van der Waals surface area (Å²) in [6.07, 6.45) is 2.03. The van der Waals surface area contributed by atoms with Crippen LogP contribution in [0, 0.1) is 5.82 Å². The Morgan fingerprint density at radius 2 is 2.21 bits per heavy atom. The summed E-state index contributed by atoms with van der Waals surface area (Å²) in [6, 6.07) is 4.29. The van der Waals surface area contributed by atoms with Gasteiger partial charge in [0.1, 0.15) is 11.6 Å². The van der Waals surface area contributed by atoms with Gasteiger partial charge in [0.05, 0.1) is 19.2 Å². The fourth-order valence-electron chi connectivity index (χ4n) is 1.73. The molecule has 1 aromatic carbocycles. The maximum Gasteiger partial charge on any atom is 0.180 e. The molecule has 0 fully saturated rings. The molecule has 1 aromatic rings. The van der Waals surface area contributed by atoms with E-state index in [2.05, 4.69) is 6.92 Å². The van der Waals surface area contributed by atoms with Crippen molar-refractivity contribution in [1.82, 2.24) is 4.90 Å². The predicted octanol–water partition coefficient (Wildman–Crippen LogP) is 2.70. The standard InChI is InChI=1S/C14H20FNO2S/c1-10(9-19-4)16(2)8-13(17)12-7-11(15)5-6-14(12)18-3/h5-7,10H,8-9H2,1-4H3. The molecule has 1 unspecified atom stereocenters. The van der Waals surface area contributed by atoms with E-state index in [0.717, 1.165) is 5.75 Å². The minimum atomic E-state index is -0.427. The van der Waals surface area contributed by atoms with Crippen molar-refractivity contribution in [3.8, 4) is 5.75 Å². The Hall–Kier alpha value is -1.07. The van der Waals surface area contributed by atoms with E-state index in [-0.39, 0.29) is 12.3 Å². The van der Waals surface area contributed by atoms with E-state index < -0.39 is 5.82 Å². The molecule has 0 spiro atoms. The van der Waals surface area contributed by atoms with Gasteiger partial charge in [0, 0.05) is 11.8 Å². The highest BCUT2D eigenvalue weighted by Crippen LogP contribution is 2.20. The molecule has 0 radical (unpaired) electrons. The number of thioether (sulfide) groups is 1. The Morgan fingerprint density at radius 1 is 1.53 bits per heavy atom. The number of methoxy groups -OCH3 is 1. The van der Waals surface area contributed by atoms with Crippen LogP contribution in [0.15, 0.2) is 18.2 Å². The van der Waals surface area contributed by atoms with Crippen LogP contribution in [0.2, 0.25) is 0 Å². The third-order valence-corrected chi connectivity index (χ3v) is 3.83. The molecule has 1 rings (SSSR count). The van der Waals surface area contributed by atoms with E-state index in [1.807, 2.05) is 18.2 Å². The van der Waals surface area contributed by atoms with Crippen molar-refractivity contribution < 1.29 is 13.9 Å². The molecule has 0 saturated carbocycles. The number of Topliss-reactive ketones (excluding diaryl/α,β-unsaturated/α-hetero) is 1. The second kappa shape index (κ2) is 7.50. The highest BCUT2D eigenvalue weighted by Gasteiger charge is 2.17. The lowest BCUT2D eigenvalue weighted by molar-refractivity contribution is 0.0927. The van der Waals surface area contributed by atoms with Gasteiger partial charge >= 0.3 is 0 Å². The van der Waals surface area contributed by atoms with Crippen LogP contribution >= 0.6 is 11.8 Å². The van der Waals surface area contributed by atoms with Crippen molar-refractivity contribution in [3.05, 3.63) is 29.6 Å². The van der Waals surface area contributed by atoms with Gasteiger partial charge < -0.3 is 4.74 Å². The van der Waals surface area contributed by atoms with Crippen LogP contribution in [0.5, 0.6) is 5.75 Å². The number of hydrogen-bond acceptors (Lipinski definition) is 4. The number of ketones is 1. The minimum Gasteiger partial charge on any atom is -0.496 e. The predicted molar refractivity (Wildman–Crippen MR) is 77.8 cm³/mol. The lowest BCUT2D eigenvalue weighted by Gasteiger charge is -2.23. The smallest absolute Gasteiger partial charge is 0.180 e. The second-order valence-corrected chi connectivity index (χ2v) is 5.40. The Balaban J connectivity index is 2.80. The van der Waals surface area contributed by atoms with Crippen molar-refractivity contribution in [1.29, 1.82) is 0 Å². The fourth-order valence-corrected chi connectivity index (χ4v) is 2.47. The molecular weight excluding hydrogens is 265 g/mol. The molecule has 0 aliphatic heterocycles. The van der Waals surface area contributed by atoms with Gasteiger partial charge in [-0.25, -0.2) is 4.39 Å². The van der Waals surface area contributed by atoms with Gasteiger partial charge in [0.25, 0.3) is 0 Å². The molecule has 0 bridgehead atoms. The van der Waals surface area contributed by atoms with Crippen LogP contribution < -0.4 is 4.74 Å². The molecule has 0 N–H and O–H groups in total. The van der Waals surface area contributed by atoms with E-state index in [1.54, 1.807) is 11.8 Å². The molecule has 0 heterocycles. The van der Waals surface area contributed by atoms with Gasteiger partial charge in [-0.2, -0.15) is 11.8 Å². The monoisotopic (exact) mass is 285 g/mol. The first kappa shape index (κ1) is 16.0. The summed E-state index contributed by atoms with van der Waals surface area (Å²) >= 11 is 1.73. The van der Waals surface area contributed by atoms with E-state index in [4.69, 9.17) is 4.74 Å². The zero-order valence-electron chi connectivity index (χ0n) is 11.8. The number of halogens is 1. The minimum absolute atomic E-state index is 0.133. The third kappa shape index (κ3) is 4.51. The first-order valence-electron chi connectivity index (χ1n) is 6.05. The summed E-state index contributed by atoms with van der Waals surface area (Å²) in [5, 5.41) is 0. The summed E-state index contributed by atoms with van der Waals surface area (Å²) in [5.74, 6) is 0.803. The number of carbonyl (C=O) groups is 1. The molecule has 5 heteroatoms. The van der Waals surface area contributed by atoms with Crippen LogP contribution in [-0.4, -0.2) is 49.4 Å². The molecule has 0 aliphatic carbocycles. The van der Waals surface area contributed by atoms with Crippen molar-refractivity contribution >= 4 is 17.5 Å². The average Bonchev–Trinajstić information content (AvgIpc) is 2.38. The second-order valence-electron chi connectivity index (χ2n) is 4.49. The fraction of sp³-hybridized carbons (Fsp3) is 0.500.